The van der Waals surface area contributed by atoms with Gasteiger partial charge < -0.3 is 9.67 Å². The average Bonchev–Trinajstić information content (AvgIpc) is 2.67. The number of fused-ring (bicyclic) bond motifs is 1. The third-order valence-electron chi connectivity index (χ3n) is 2.72. The van der Waals surface area contributed by atoms with Crippen LogP contribution in [0.4, 0.5) is 0 Å². The van der Waals surface area contributed by atoms with Gasteiger partial charge in [0, 0.05) is 23.9 Å². The lowest BCUT2D eigenvalue weighted by Crippen LogP contribution is -2.06. The van der Waals surface area contributed by atoms with Crippen LogP contribution in [0.3, 0.4) is 0 Å². The van der Waals surface area contributed by atoms with Crippen LogP contribution in [-0.4, -0.2) is 26.4 Å². The molecule has 2 heterocycles. The maximum atomic E-state index is 10.6. The van der Waals surface area contributed by atoms with Gasteiger partial charge in [-0.05, 0) is 6.92 Å². The summed E-state index contributed by atoms with van der Waals surface area (Å²) in [6, 6.07) is 0. The molecule has 0 saturated heterocycles. The summed E-state index contributed by atoms with van der Waals surface area (Å²) in [6.45, 7) is 4.94. The Morgan fingerprint density at radius 2 is 2.47 bits per heavy atom. The lowest BCUT2D eigenvalue weighted by atomic mass is 10.0. The molecule has 1 N–H and O–H groups in total. The molecule has 15 heavy (non-hydrogen) atoms. The predicted octanol–water partition coefficient (Wildman–Crippen LogP) is 1.88. The quantitative estimate of drug-likeness (QED) is 0.855. The molecule has 0 amide bonds. The second-order valence-electron chi connectivity index (χ2n) is 3.86. The number of hydrogen-bond acceptors (Lipinski definition) is 3. The fourth-order valence-corrected chi connectivity index (χ4v) is 2.96. The topological polar surface area (TPSA) is 55.1 Å². The molecule has 1 aliphatic rings. The highest BCUT2D eigenvalue weighted by Gasteiger charge is 2.23. The summed E-state index contributed by atoms with van der Waals surface area (Å²) in [5.74, 6) is 0.320. The van der Waals surface area contributed by atoms with Crippen LogP contribution in [0.1, 0.15) is 30.7 Å². The van der Waals surface area contributed by atoms with Crippen LogP contribution in [0.2, 0.25) is 0 Å². The smallest absolute Gasteiger partial charge is 0.304 e. The van der Waals surface area contributed by atoms with E-state index in [1.807, 2.05) is 13.8 Å². The maximum Gasteiger partial charge on any atom is 0.304 e. The maximum absolute atomic E-state index is 10.6. The number of nitrogens with zero attached hydrogens (tertiary/aromatic N) is 2. The van der Waals surface area contributed by atoms with E-state index in [2.05, 4.69) is 9.55 Å². The Morgan fingerprint density at radius 3 is 3.07 bits per heavy atom. The van der Waals surface area contributed by atoms with Gasteiger partial charge >= 0.3 is 5.97 Å². The van der Waals surface area contributed by atoms with Crippen molar-refractivity contribution in [2.24, 2.45) is 0 Å². The number of carboxylic acids is 1. The molecule has 2 rings (SSSR count). The van der Waals surface area contributed by atoms with Gasteiger partial charge in [0.2, 0.25) is 0 Å². The largest absolute Gasteiger partial charge is 0.481 e. The van der Waals surface area contributed by atoms with Gasteiger partial charge in [0.1, 0.15) is 0 Å². The van der Waals surface area contributed by atoms with Crippen LogP contribution >= 0.6 is 11.8 Å². The molecule has 0 fully saturated rings. The van der Waals surface area contributed by atoms with E-state index in [0.717, 1.165) is 28.8 Å². The fourth-order valence-electron chi connectivity index (χ4n) is 1.95. The van der Waals surface area contributed by atoms with Crippen molar-refractivity contribution in [3.63, 3.8) is 0 Å². The zero-order valence-electron chi connectivity index (χ0n) is 8.86. The number of hydrogen-bond donors (Lipinski definition) is 1. The third-order valence-corrected chi connectivity index (χ3v) is 3.67. The molecule has 0 aliphatic carbocycles. The zero-order valence-corrected chi connectivity index (χ0v) is 9.67. The fraction of sp³-hybridized carbons (Fsp3) is 0.600. The van der Waals surface area contributed by atoms with Crippen molar-refractivity contribution < 1.29 is 9.90 Å². The average molecular weight is 226 g/mol. The number of carboxylic acid groups (broad SMARTS) is 1. The van der Waals surface area contributed by atoms with Crippen LogP contribution in [0.25, 0.3) is 0 Å². The van der Waals surface area contributed by atoms with Crippen LogP contribution in [0.5, 0.6) is 0 Å². The van der Waals surface area contributed by atoms with Gasteiger partial charge in [0.15, 0.2) is 5.16 Å². The van der Waals surface area contributed by atoms with Gasteiger partial charge in [-0.25, -0.2) is 4.98 Å². The van der Waals surface area contributed by atoms with E-state index < -0.39 is 5.97 Å². The van der Waals surface area contributed by atoms with Crippen molar-refractivity contribution in [1.29, 1.82) is 0 Å². The Kier molecular flexibility index (Phi) is 2.73. The molecule has 4 nitrogen and oxygen atoms in total. The minimum atomic E-state index is -0.761. The molecule has 0 saturated carbocycles. The van der Waals surface area contributed by atoms with Crippen molar-refractivity contribution in [3.8, 4) is 0 Å². The lowest BCUT2D eigenvalue weighted by molar-refractivity contribution is -0.137. The summed E-state index contributed by atoms with van der Waals surface area (Å²) >= 11 is 1.74. The molecule has 0 radical (unpaired) electrons. The molecule has 1 aromatic heterocycles. The van der Waals surface area contributed by atoms with Crippen molar-refractivity contribution in [3.05, 3.63) is 11.4 Å². The minimum Gasteiger partial charge on any atom is -0.481 e. The molecule has 0 bridgehead atoms. The Balaban J connectivity index is 2.25. The highest BCUT2D eigenvalue weighted by molar-refractivity contribution is 7.99. The molecular formula is C10H14N2O2S. The first kappa shape index (κ1) is 10.5. The Morgan fingerprint density at radius 1 is 1.73 bits per heavy atom. The van der Waals surface area contributed by atoms with Crippen LogP contribution in [-0.2, 0) is 11.3 Å². The van der Waals surface area contributed by atoms with Crippen LogP contribution < -0.4 is 0 Å². The highest BCUT2D eigenvalue weighted by Crippen LogP contribution is 2.31. The first-order valence-corrected chi connectivity index (χ1v) is 5.99. The van der Waals surface area contributed by atoms with Gasteiger partial charge in [-0.15, -0.1) is 0 Å². The second kappa shape index (κ2) is 3.89. The van der Waals surface area contributed by atoms with Gasteiger partial charge in [-0.3, -0.25) is 4.79 Å². The number of aromatic nitrogens is 2. The molecule has 1 aliphatic heterocycles. The minimum absolute atomic E-state index is 0.00111. The van der Waals surface area contributed by atoms with E-state index in [9.17, 15) is 4.79 Å². The summed E-state index contributed by atoms with van der Waals surface area (Å²) in [5, 5.41) is 9.79. The molecular weight excluding hydrogens is 212 g/mol. The molecule has 5 heteroatoms. The van der Waals surface area contributed by atoms with Crippen molar-refractivity contribution >= 4 is 17.7 Å². The van der Waals surface area contributed by atoms with Crippen molar-refractivity contribution in [2.45, 2.75) is 37.9 Å². The molecule has 82 valence electrons. The molecule has 1 atom stereocenters. The van der Waals surface area contributed by atoms with Crippen LogP contribution in [0.15, 0.2) is 5.16 Å². The predicted molar refractivity (Wildman–Crippen MR) is 58.4 cm³/mol. The van der Waals surface area contributed by atoms with Crippen LogP contribution in [0, 0.1) is 6.92 Å². The summed E-state index contributed by atoms with van der Waals surface area (Å²) in [4.78, 5) is 15.1. The molecule has 1 unspecified atom stereocenters. The summed E-state index contributed by atoms with van der Waals surface area (Å²) in [5.41, 5.74) is 2.07. The normalized spacial score (nSPS) is 16.4. The van der Waals surface area contributed by atoms with E-state index in [1.165, 1.54) is 0 Å². The third kappa shape index (κ3) is 1.88. The van der Waals surface area contributed by atoms with Gasteiger partial charge in [0.05, 0.1) is 12.1 Å². The monoisotopic (exact) mass is 226 g/mol. The number of thioether (sulfide) groups is 1. The van der Waals surface area contributed by atoms with E-state index in [-0.39, 0.29) is 12.3 Å². The van der Waals surface area contributed by atoms with Crippen molar-refractivity contribution in [2.75, 3.05) is 5.75 Å². The Bertz CT molecular complexity index is 400. The molecule has 0 aromatic carbocycles. The number of aliphatic carboxylic acids is 1. The standard InChI is InChI=1S/C10H14N2O2S/c1-6(5-8(13)14)9-7(2)12-3-4-15-10(12)11-9/h6H,3-5H2,1-2H3,(H,13,14). The number of carbonyl (C=O) groups is 1. The van der Waals surface area contributed by atoms with Crippen molar-refractivity contribution in [1.82, 2.24) is 9.55 Å². The second-order valence-corrected chi connectivity index (χ2v) is 4.93. The summed E-state index contributed by atoms with van der Waals surface area (Å²) in [6.07, 6.45) is 0.155. The first-order valence-electron chi connectivity index (χ1n) is 5.01. The first-order chi connectivity index (χ1) is 7.09. The Labute approximate surface area is 92.7 Å². The number of imidazole rings is 1. The lowest BCUT2D eigenvalue weighted by Gasteiger charge is -2.07. The van der Waals surface area contributed by atoms with E-state index in [0.29, 0.717) is 0 Å². The van der Waals surface area contributed by atoms with E-state index in [4.69, 9.17) is 5.11 Å². The zero-order chi connectivity index (χ0) is 11.0. The van der Waals surface area contributed by atoms with E-state index in [1.54, 1.807) is 11.8 Å². The van der Waals surface area contributed by atoms with Gasteiger partial charge in [-0.2, -0.15) is 0 Å². The highest BCUT2D eigenvalue weighted by atomic mass is 32.2. The van der Waals surface area contributed by atoms with E-state index >= 15 is 0 Å². The SMILES string of the molecule is Cc1c(C(C)CC(=O)O)nc2n1CCS2. The summed E-state index contributed by atoms with van der Waals surface area (Å²) in [7, 11) is 0. The molecule has 1 aromatic rings. The summed E-state index contributed by atoms with van der Waals surface area (Å²) < 4.78 is 2.18. The number of rotatable bonds is 3. The molecule has 0 spiro atoms. The Hall–Kier alpha value is -0.970. The van der Waals surface area contributed by atoms with Gasteiger partial charge in [0.25, 0.3) is 0 Å². The van der Waals surface area contributed by atoms with Gasteiger partial charge in [-0.1, -0.05) is 18.7 Å².